The lowest BCUT2D eigenvalue weighted by molar-refractivity contribution is -0.159. The maximum absolute atomic E-state index is 12.5. The van der Waals surface area contributed by atoms with E-state index in [1.54, 1.807) is 19.1 Å². The number of nitrogens with zero attached hydrogens (tertiary/aromatic N) is 3. The summed E-state index contributed by atoms with van der Waals surface area (Å²) in [6, 6.07) is 6.15. The lowest BCUT2D eigenvalue weighted by Gasteiger charge is -2.16. The highest BCUT2D eigenvalue weighted by atomic mass is 32.2. The number of ether oxygens (including phenoxy) is 1. The molecule has 0 amide bonds. The Morgan fingerprint density at radius 1 is 1.31 bits per heavy atom. The van der Waals surface area contributed by atoms with Gasteiger partial charge in [-0.25, -0.2) is 8.42 Å². The monoisotopic (exact) mass is 391 g/mol. The molecule has 142 valence electrons. The van der Waals surface area contributed by atoms with E-state index >= 15 is 0 Å². The lowest BCUT2D eigenvalue weighted by Crippen LogP contribution is -2.32. The van der Waals surface area contributed by atoms with E-state index in [9.17, 15) is 21.6 Å². The van der Waals surface area contributed by atoms with Gasteiger partial charge in [-0.15, -0.1) is 0 Å². The molecular formula is C15H16F3N3O4S. The van der Waals surface area contributed by atoms with Crippen molar-refractivity contribution in [1.29, 1.82) is 0 Å². The molecule has 0 aliphatic carbocycles. The van der Waals surface area contributed by atoms with Gasteiger partial charge in [0.2, 0.25) is 15.8 Å². The zero-order valence-corrected chi connectivity index (χ0v) is 14.5. The van der Waals surface area contributed by atoms with E-state index < -0.39 is 22.1 Å². The third kappa shape index (κ3) is 3.98. The van der Waals surface area contributed by atoms with Gasteiger partial charge >= 0.3 is 12.1 Å². The quantitative estimate of drug-likeness (QED) is 0.779. The first-order chi connectivity index (χ1) is 12.2. The minimum atomic E-state index is -4.69. The molecule has 0 spiro atoms. The van der Waals surface area contributed by atoms with Crippen LogP contribution >= 0.6 is 0 Å². The molecule has 1 atom stereocenters. The van der Waals surface area contributed by atoms with E-state index in [4.69, 9.17) is 4.74 Å². The molecule has 0 N–H and O–H groups in total. The van der Waals surface area contributed by atoms with Crippen molar-refractivity contribution in [3.63, 3.8) is 0 Å². The van der Waals surface area contributed by atoms with E-state index in [1.807, 2.05) is 0 Å². The number of alkyl halides is 3. The Bertz CT molecular complexity index is 865. The van der Waals surface area contributed by atoms with Crippen LogP contribution in [0.1, 0.15) is 19.2 Å². The van der Waals surface area contributed by atoms with Crippen molar-refractivity contribution in [2.75, 3.05) is 18.8 Å². The minimum absolute atomic E-state index is 0.0407. The fourth-order valence-electron chi connectivity index (χ4n) is 2.56. The second kappa shape index (κ2) is 6.88. The van der Waals surface area contributed by atoms with Crippen LogP contribution in [0, 0.1) is 0 Å². The Kier molecular flexibility index (Phi) is 4.93. The molecule has 1 unspecified atom stereocenters. The maximum atomic E-state index is 12.5. The van der Waals surface area contributed by atoms with E-state index in [-0.39, 0.29) is 24.2 Å². The Labute approximate surface area is 147 Å². The highest BCUT2D eigenvalue weighted by Gasteiger charge is 2.38. The van der Waals surface area contributed by atoms with Gasteiger partial charge in [-0.05, 0) is 37.6 Å². The third-order valence-corrected chi connectivity index (χ3v) is 5.80. The summed E-state index contributed by atoms with van der Waals surface area (Å²) in [5.41, 5.74) is 0.346. The summed E-state index contributed by atoms with van der Waals surface area (Å²) in [6.07, 6.45) is -4.40. The van der Waals surface area contributed by atoms with Crippen molar-refractivity contribution in [2.45, 2.75) is 25.6 Å². The Morgan fingerprint density at radius 2 is 2.00 bits per heavy atom. The fraction of sp³-hybridized carbons (Fsp3) is 0.467. The topological polar surface area (TPSA) is 85.5 Å². The molecule has 1 aromatic carbocycles. The molecular weight excluding hydrogens is 375 g/mol. The van der Waals surface area contributed by atoms with Gasteiger partial charge in [0, 0.05) is 12.1 Å². The first-order valence-electron chi connectivity index (χ1n) is 7.85. The zero-order chi connectivity index (χ0) is 18.9. The summed E-state index contributed by atoms with van der Waals surface area (Å²) in [6.45, 7) is 2.27. The highest BCUT2D eigenvalue weighted by Crippen LogP contribution is 2.30. The Balaban J connectivity index is 1.65. The van der Waals surface area contributed by atoms with Crippen LogP contribution in [0.25, 0.3) is 11.4 Å². The van der Waals surface area contributed by atoms with Gasteiger partial charge in [0.05, 0.1) is 12.3 Å². The predicted molar refractivity (Wildman–Crippen MR) is 84.8 cm³/mol. The normalized spacial score (nSPS) is 19.0. The largest absolute Gasteiger partial charge is 0.489 e. The van der Waals surface area contributed by atoms with Gasteiger partial charge in [0.25, 0.3) is 0 Å². The van der Waals surface area contributed by atoms with Crippen molar-refractivity contribution in [2.24, 2.45) is 0 Å². The molecule has 2 aromatic rings. The second-order valence-corrected chi connectivity index (χ2v) is 7.99. The van der Waals surface area contributed by atoms with Gasteiger partial charge in [0.1, 0.15) is 11.9 Å². The number of rotatable bonds is 5. The van der Waals surface area contributed by atoms with Gasteiger partial charge in [-0.2, -0.15) is 22.5 Å². The predicted octanol–water partition coefficient (Wildman–Crippen LogP) is 2.56. The molecule has 0 radical (unpaired) electrons. The lowest BCUT2D eigenvalue weighted by atomic mass is 10.2. The summed E-state index contributed by atoms with van der Waals surface area (Å²) in [4.78, 5) is 3.31. The maximum Gasteiger partial charge on any atom is 0.471 e. The first-order valence-corrected chi connectivity index (χ1v) is 9.46. The molecule has 2 heterocycles. The number of halogens is 3. The van der Waals surface area contributed by atoms with Crippen molar-refractivity contribution < 1.29 is 30.8 Å². The number of hydrogen-bond acceptors (Lipinski definition) is 6. The van der Waals surface area contributed by atoms with Crippen molar-refractivity contribution in [3.8, 4) is 17.1 Å². The summed E-state index contributed by atoms with van der Waals surface area (Å²) < 4.78 is 72.5. The molecule has 1 aliphatic rings. The second-order valence-electron chi connectivity index (χ2n) is 5.73. The van der Waals surface area contributed by atoms with Gasteiger partial charge in [-0.3, -0.25) is 0 Å². The average Bonchev–Trinajstić information content (AvgIpc) is 3.25. The summed E-state index contributed by atoms with van der Waals surface area (Å²) in [7, 11) is -3.24. The van der Waals surface area contributed by atoms with Crippen LogP contribution in [0.3, 0.4) is 0 Å². The molecule has 0 saturated carbocycles. The highest BCUT2D eigenvalue weighted by molar-refractivity contribution is 7.89. The number of aromatic nitrogens is 2. The molecule has 1 aliphatic heterocycles. The van der Waals surface area contributed by atoms with E-state index in [0.717, 1.165) is 0 Å². The van der Waals surface area contributed by atoms with Crippen LogP contribution in [0.2, 0.25) is 0 Å². The molecule has 1 aromatic heterocycles. The van der Waals surface area contributed by atoms with Crippen LogP contribution in [-0.2, 0) is 16.2 Å². The van der Waals surface area contributed by atoms with Gasteiger partial charge in [0.15, 0.2) is 0 Å². The van der Waals surface area contributed by atoms with Gasteiger partial charge in [-0.1, -0.05) is 5.16 Å². The Hall–Kier alpha value is -2.14. The summed E-state index contributed by atoms with van der Waals surface area (Å²) in [5, 5.41) is 3.31. The molecule has 3 rings (SSSR count). The molecule has 11 heteroatoms. The molecule has 1 fully saturated rings. The van der Waals surface area contributed by atoms with Crippen molar-refractivity contribution in [3.05, 3.63) is 30.2 Å². The van der Waals surface area contributed by atoms with Crippen LogP contribution in [0.5, 0.6) is 5.75 Å². The fourth-order valence-corrected chi connectivity index (χ4v) is 3.70. The standard InChI is InChI=1S/C15H16F3N3O4S/c1-2-26(22,23)21-8-7-12(9-21)24-11-5-3-10(4-6-11)13-19-14(25-20-13)15(16,17)18/h3-6,12H,2,7-9H2,1H3. The van der Waals surface area contributed by atoms with E-state index in [2.05, 4.69) is 14.7 Å². The molecule has 0 bridgehead atoms. The number of benzene rings is 1. The van der Waals surface area contributed by atoms with Crippen molar-refractivity contribution in [1.82, 2.24) is 14.4 Å². The van der Waals surface area contributed by atoms with E-state index in [0.29, 0.717) is 24.3 Å². The van der Waals surface area contributed by atoms with Gasteiger partial charge < -0.3 is 9.26 Å². The number of hydrogen-bond donors (Lipinski definition) is 0. The minimum Gasteiger partial charge on any atom is -0.489 e. The zero-order valence-electron chi connectivity index (χ0n) is 13.7. The summed E-state index contributed by atoms with van der Waals surface area (Å²) in [5.74, 6) is -1.06. The molecule has 1 saturated heterocycles. The third-order valence-electron chi connectivity index (χ3n) is 3.95. The van der Waals surface area contributed by atoms with E-state index in [1.165, 1.54) is 16.4 Å². The van der Waals surface area contributed by atoms with Crippen LogP contribution < -0.4 is 4.74 Å². The van der Waals surface area contributed by atoms with Crippen LogP contribution in [0.4, 0.5) is 13.2 Å². The molecule has 26 heavy (non-hydrogen) atoms. The average molecular weight is 391 g/mol. The molecule has 7 nitrogen and oxygen atoms in total. The first kappa shape index (κ1) is 18.6. The van der Waals surface area contributed by atoms with Crippen LogP contribution in [0.15, 0.2) is 28.8 Å². The SMILES string of the molecule is CCS(=O)(=O)N1CCC(Oc2ccc(-c3noc(C(F)(F)F)n3)cc2)C1. The number of sulfonamides is 1. The smallest absolute Gasteiger partial charge is 0.471 e. The Morgan fingerprint density at radius 3 is 2.58 bits per heavy atom. The summed E-state index contributed by atoms with van der Waals surface area (Å²) >= 11 is 0. The van der Waals surface area contributed by atoms with Crippen LogP contribution in [-0.4, -0.2) is 47.8 Å². The van der Waals surface area contributed by atoms with Crippen molar-refractivity contribution >= 4 is 10.0 Å².